The van der Waals surface area contributed by atoms with Crippen molar-refractivity contribution in [3.05, 3.63) is 83.7 Å². The van der Waals surface area contributed by atoms with Gasteiger partial charge in [-0.3, -0.25) is 9.59 Å². The maximum atomic E-state index is 13.4. The van der Waals surface area contributed by atoms with Crippen molar-refractivity contribution >= 4 is 23.5 Å². The monoisotopic (exact) mass is 481 g/mol. The zero-order valence-corrected chi connectivity index (χ0v) is 19.8. The summed E-state index contributed by atoms with van der Waals surface area (Å²) in [6, 6.07) is 12.1. The highest BCUT2D eigenvalue weighted by molar-refractivity contribution is 5.96. The molecule has 3 aromatic rings. The molecule has 0 aliphatic heterocycles. The molecule has 0 bridgehead atoms. The zero-order valence-electron chi connectivity index (χ0n) is 19.8. The number of amides is 2. The van der Waals surface area contributed by atoms with Crippen LogP contribution < -0.4 is 15.5 Å². The van der Waals surface area contributed by atoms with Crippen molar-refractivity contribution in [3.8, 4) is 0 Å². The molecule has 1 aromatic heterocycles. The first-order valence-electron chi connectivity index (χ1n) is 11.5. The van der Waals surface area contributed by atoms with Crippen molar-refractivity contribution in [2.24, 2.45) is 0 Å². The molecule has 2 aromatic carbocycles. The lowest BCUT2D eigenvalue weighted by molar-refractivity contribution is -0.126. The molecular formula is C26H29F2N5O2. The Balaban J connectivity index is 1.60. The Labute approximate surface area is 203 Å². The first-order valence-corrected chi connectivity index (χ1v) is 11.5. The van der Waals surface area contributed by atoms with E-state index in [1.54, 1.807) is 6.20 Å². The van der Waals surface area contributed by atoms with E-state index in [2.05, 4.69) is 25.5 Å². The van der Waals surface area contributed by atoms with Crippen LogP contribution in [-0.4, -0.2) is 34.4 Å². The number of carbonyl (C=O) groups is 2. The van der Waals surface area contributed by atoms with Gasteiger partial charge in [0, 0.05) is 19.2 Å². The predicted octanol–water partition coefficient (Wildman–Crippen LogP) is 4.25. The Morgan fingerprint density at radius 2 is 1.69 bits per heavy atom. The lowest BCUT2D eigenvalue weighted by atomic mass is 10.1. The number of hydrogen-bond acceptors (Lipinski definition) is 5. The Morgan fingerprint density at radius 3 is 2.29 bits per heavy atom. The number of rotatable bonds is 11. The molecule has 7 nitrogen and oxygen atoms in total. The molecule has 0 fully saturated rings. The van der Waals surface area contributed by atoms with E-state index in [1.165, 1.54) is 6.20 Å². The lowest BCUT2D eigenvalue weighted by Gasteiger charge is -2.22. The van der Waals surface area contributed by atoms with Crippen LogP contribution in [0.4, 0.5) is 20.4 Å². The van der Waals surface area contributed by atoms with E-state index in [-0.39, 0.29) is 17.8 Å². The van der Waals surface area contributed by atoms with Crippen LogP contribution in [0.2, 0.25) is 0 Å². The summed E-state index contributed by atoms with van der Waals surface area (Å²) >= 11 is 0. The minimum absolute atomic E-state index is 0.188. The SMILES string of the molecule is CCCC(NC(=O)Cc1cc(F)cc(F)c1)C(=O)Nc1cnc(N(CC)Cc2ccccc2)cn1. The number of carbonyl (C=O) groups excluding carboxylic acids is 2. The Morgan fingerprint density at radius 1 is 0.971 bits per heavy atom. The van der Waals surface area contributed by atoms with E-state index in [0.29, 0.717) is 25.2 Å². The summed E-state index contributed by atoms with van der Waals surface area (Å²) in [6.45, 7) is 5.32. The third-order valence-electron chi connectivity index (χ3n) is 5.33. The second-order valence-electron chi connectivity index (χ2n) is 8.11. The van der Waals surface area contributed by atoms with Crippen LogP contribution in [0.1, 0.15) is 37.8 Å². The smallest absolute Gasteiger partial charge is 0.248 e. The van der Waals surface area contributed by atoms with Crippen LogP contribution in [0.3, 0.4) is 0 Å². The minimum atomic E-state index is -0.822. The van der Waals surface area contributed by atoms with Crippen molar-refractivity contribution in [1.29, 1.82) is 0 Å². The molecule has 9 heteroatoms. The number of hydrogen-bond donors (Lipinski definition) is 2. The van der Waals surface area contributed by atoms with Gasteiger partial charge in [0.25, 0.3) is 0 Å². The van der Waals surface area contributed by atoms with Crippen LogP contribution in [0.5, 0.6) is 0 Å². The second kappa shape index (κ2) is 12.5. The summed E-state index contributed by atoms with van der Waals surface area (Å²) in [7, 11) is 0. The number of nitrogens with zero attached hydrogens (tertiary/aromatic N) is 3. The molecule has 2 N–H and O–H groups in total. The van der Waals surface area contributed by atoms with E-state index in [4.69, 9.17) is 0 Å². The van der Waals surface area contributed by atoms with Crippen molar-refractivity contribution in [1.82, 2.24) is 15.3 Å². The van der Waals surface area contributed by atoms with Gasteiger partial charge in [-0.15, -0.1) is 0 Å². The third kappa shape index (κ3) is 7.84. The summed E-state index contributed by atoms with van der Waals surface area (Å²) in [5.74, 6) is -1.54. The summed E-state index contributed by atoms with van der Waals surface area (Å²) < 4.78 is 26.8. The van der Waals surface area contributed by atoms with Gasteiger partial charge in [-0.25, -0.2) is 18.7 Å². The number of benzene rings is 2. The van der Waals surface area contributed by atoms with Crippen LogP contribution in [0, 0.1) is 11.6 Å². The largest absolute Gasteiger partial charge is 0.351 e. The number of nitrogens with one attached hydrogen (secondary N) is 2. The normalized spacial score (nSPS) is 11.5. The molecule has 1 unspecified atom stereocenters. The molecule has 1 atom stereocenters. The number of anilines is 2. The number of aromatic nitrogens is 2. The summed E-state index contributed by atoms with van der Waals surface area (Å²) in [4.78, 5) is 36.0. The molecule has 1 heterocycles. The molecule has 0 saturated carbocycles. The van der Waals surface area contributed by atoms with Gasteiger partial charge < -0.3 is 15.5 Å². The van der Waals surface area contributed by atoms with E-state index in [1.807, 2.05) is 44.2 Å². The second-order valence-corrected chi connectivity index (χ2v) is 8.11. The van der Waals surface area contributed by atoms with E-state index < -0.39 is 29.5 Å². The van der Waals surface area contributed by atoms with Crippen LogP contribution in [0.25, 0.3) is 0 Å². The molecule has 2 amide bonds. The van der Waals surface area contributed by atoms with Gasteiger partial charge >= 0.3 is 0 Å². The number of halogens is 2. The predicted molar refractivity (Wildman–Crippen MR) is 131 cm³/mol. The molecule has 0 saturated heterocycles. The molecule has 0 aliphatic carbocycles. The van der Waals surface area contributed by atoms with E-state index in [9.17, 15) is 18.4 Å². The maximum absolute atomic E-state index is 13.4. The standard InChI is InChI=1S/C26H29F2N5O2/c1-3-8-22(31-25(34)13-19-11-20(27)14-21(28)12-19)26(35)32-23-15-30-24(16-29-23)33(4-2)17-18-9-6-5-7-10-18/h5-7,9-12,14-16,22H,3-4,8,13,17H2,1-2H3,(H,31,34)(H,29,32,35). The summed E-state index contributed by atoms with van der Waals surface area (Å²) in [5, 5.41) is 5.32. The van der Waals surface area contributed by atoms with Crippen LogP contribution >= 0.6 is 0 Å². The average molecular weight is 482 g/mol. The highest BCUT2D eigenvalue weighted by atomic mass is 19.1. The van der Waals surface area contributed by atoms with E-state index >= 15 is 0 Å². The van der Waals surface area contributed by atoms with Crippen molar-refractivity contribution in [2.75, 3.05) is 16.8 Å². The molecule has 35 heavy (non-hydrogen) atoms. The van der Waals surface area contributed by atoms with Gasteiger partial charge in [-0.2, -0.15) is 0 Å². The molecule has 3 rings (SSSR count). The first-order chi connectivity index (χ1) is 16.9. The van der Waals surface area contributed by atoms with E-state index in [0.717, 1.165) is 30.3 Å². The van der Waals surface area contributed by atoms with Gasteiger partial charge in [0.05, 0.1) is 18.8 Å². The Kier molecular flexibility index (Phi) is 9.23. The molecular weight excluding hydrogens is 452 g/mol. The third-order valence-corrected chi connectivity index (χ3v) is 5.33. The van der Waals surface area contributed by atoms with Gasteiger partial charge in [0.2, 0.25) is 11.8 Å². The minimum Gasteiger partial charge on any atom is -0.351 e. The van der Waals surface area contributed by atoms with Crippen molar-refractivity contribution < 1.29 is 18.4 Å². The van der Waals surface area contributed by atoms with Crippen LogP contribution in [0.15, 0.2) is 60.9 Å². The van der Waals surface area contributed by atoms with Gasteiger partial charge in [-0.1, -0.05) is 43.7 Å². The Hall–Kier alpha value is -3.88. The lowest BCUT2D eigenvalue weighted by Crippen LogP contribution is -2.44. The average Bonchev–Trinajstić information content (AvgIpc) is 2.83. The topological polar surface area (TPSA) is 87.2 Å². The fraction of sp³-hybridized carbons (Fsp3) is 0.308. The van der Waals surface area contributed by atoms with Gasteiger partial charge in [0.15, 0.2) is 5.82 Å². The van der Waals surface area contributed by atoms with Crippen LogP contribution in [-0.2, 0) is 22.6 Å². The summed E-state index contributed by atoms with van der Waals surface area (Å²) in [5.41, 5.74) is 1.33. The molecule has 0 radical (unpaired) electrons. The maximum Gasteiger partial charge on any atom is 0.248 e. The summed E-state index contributed by atoms with van der Waals surface area (Å²) in [6.07, 6.45) is 3.85. The first kappa shape index (κ1) is 25.7. The fourth-order valence-corrected chi connectivity index (χ4v) is 3.62. The molecule has 0 aliphatic rings. The highest BCUT2D eigenvalue weighted by Gasteiger charge is 2.21. The van der Waals surface area contributed by atoms with Gasteiger partial charge in [0.1, 0.15) is 23.5 Å². The molecule has 0 spiro atoms. The fourth-order valence-electron chi connectivity index (χ4n) is 3.62. The highest BCUT2D eigenvalue weighted by Crippen LogP contribution is 2.15. The van der Waals surface area contributed by atoms with Gasteiger partial charge in [-0.05, 0) is 36.6 Å². The molecule has 184 valence electrons. The van der Waals surface area contributed by atoms with Crippen molar-refractivity contribution in [3.63, 3.8) is 0 Å². The zero-order chi connectivity index (χ0) is 25.2. The van der Waals surface area contributed by atoms with Crippen molar-refractivity contribution in [2.45, 2.75) is 45.7 Å². The Bertz CT molecular complexity index is 1110. The quantitative estimate of drug-likeness (QED) is 0.428.